The van der Waals surface area contributed by atoms with Gasteiger partial charge >= 0.3 is 0 Å². The molecule has 1 aliphatic rings. The van der Waals surface area contributed by atoms with E-state index in [1.165, 1.54) is 11.8 Å². The normalized spacial score (nSPS) is 13.1. The number of amides is 2. The number of carbonyl (C=O) groups excluding carboxylic acids is 2. The first-order valence-electron chi connectivity index (χ1n) is 7.85. The molecule has 2 amide bonds. The smallest absolute Gasteiger partial charge is 0.234 e. The zero-order valence-electron chi connectivity index (χ0n) is 13.4. The number of rotatable bonds is 6. The Bertz CT molecular complexity index is 781. The predicted molar refractivity (Wildman–Crippen MR) is 106 cm³/mol. The van der Waals surface area contributed by atoms with Gasteiger partial charge in [-0.2, -0.15) is 0 Å². The molecule has 0 unspecified atom stereocenters. The summed E-state index contributed by atoms with van der Waals surface area (Å²) < 4.78 is 0. The van der Waals surface area contributed by atoms with Crippen molar-refractivity contribution >= 4 is 58.3 Å². The Morgan fingerprint density at radius 2 is 2.04 bits per heavy atom. The lowest BCUT2D eigenvalue weighted by Crippen LogP contribution is -2.19. The summed E-state index contributed by atoms with van der Waals surface area (Å²) >= 11 is 9.07. The molecular weight excluding hydrogens is 376 g/mol. The number of nitrogens with one attached hydrogen (secondary N) is 2. The van der Waals surface area contributed by atoms with Crippen molar-refractivity contribution in [3.63, 3.8) is 0 Å². The molecule has 25 heavy (non-hydrogen) atoms. The highest BCUT2D eigenvalue weighted by molar-refractivity contribution is 8.00. The second-order valence-electron chi connectivity index (χ2n) is 5.50. The molecule has 1 aliphatic heterocycles. The highest BCUT2D eigenvalue weighted by Crippen LogP contribution is 2.33. The minimum atomic E-state index is -0.0218. The number of carbonyl (C=O) groups is 2. The number of hydrogen-bond donors (Lipinski definition) is 2. The third-order valence-electron chi connectivity index (χ3n) is 3.53. The summed E-state index contributed by atoms with van der Waals surface area (Å²) in [7, 11) is 0. The fourth-order valence-corrected chi connectivity index (χ4v) is 4.11. The van der Waals surface area contributed by atoms with E-state index < -0.39 is 0 Å². The van der Waals surface area contributed by atoms with Crippen LogP contribution >= 0.6 is 35.1 Å². The third kappa shape index (κ3) is 5.42. The van der Waals surface area contributed by atoms with Crippen LogP contribution < -0.4 is 10.6 Å². The Hall–Kier alpha value is -1.63. The van der Waals surface area contributed by atoms with Gasteiger partial charge in [0.25, 0.3) is 0 Å². The second-order valence-corrected chi connectivity index (χ2v) is 8.12. The number of thioether (sulfide) groups is 2. The Morgan fingerprint density at radius 1 is 1.24 bits per heavy atom. The first-order valence-corrected chi connectivity index (χ1v) is 10.2. The Kier molecular flexibility index (Phi) is 6.29. The van der Waals surface area contributed by atoms with Gasteiger partial charge in [-0.05, 0) is 54.6 Å². The van der Waals surface area contributed by atoms with Crippen LogP contribution in [0.2, 0.25) is 5.02 Å². The second kappa shape index (κ2) is 8.65. The molecule has 130 valence electrons. The standard InChI is InChI=1S/C18H17ClN2O2S2/c19-12-3-6-14(7-4-12)24-9-1-2-17(22)20-13-5-8-16-15(10-13)21-18(23)11-25-16/h3-8,10H,1-2,9,11H2,(H,20,22)(H,21,23). The van der Waals surface area contributed by atoms with Gasteiger partial charge in [-0.25, -0.2) is 0 Å². The lowest BCUT2D eigenvalue weighted by molar-refractivity contribution is -0.116. The van der Waals surface area contributed by atoms with Gasteiger partial charge in [-0.15, -0.1) is 23.5 Å². The van der Waals surface area contributed by atoms with Crippen molar-refractivity contribution in [2.75, 3.05) is 22.1 Å². The monoisotopic (exact) mass is 392 g/mol. The summed E-state index contributed by atoms with van der Waals surface area (Å²) in [5.74, 6) is 1.27. The maximum Gasteiger partial charge on any atom is 0.234 e. The van der Waals surface area contributed by atoms with Crippen LogP contribution in [-0.2, 0) is 9.59 Å². The van der Waals surface area contributed by atoms with Gasteiger partial charge in [0.05, 0.1) is 11.4 Å². The van der Waals surface area contributed by atoms with Crippen molar-refractivity contribution in [2.24, 2.45) is 0 Å². The van der Waals surface area contributed by atoms with Crippen molar-refractivity contribution in [1.29, 1.82) is 0 Å². The van der Waals surface area contributed by atoms with E-state index in [0.29, 0.717) is 17.9 Å². The van der Waals surface area contributed by atoms with Crippen molar-refractivity contribution in [3.05, 3.63) is 47.5 Å². The number of anilines is 2. The molecular formula is C18H17ClN2O2S2. The Morgan fingerprint density at radius 3 is 2.84 bits per heavy atom. The van der Waals surface area contributed by atoms with E-state index in [4.69, 9.17) is 11.6 Å². The van der Waals surface area contributed by atoms with E-state index in [1.54, 1.807) is 17.8 Å². The van der Waals surface area contributed by atoms with E-state index in [2.05, 4.69) is 10.6 Å². The fourth-order valence-electron chi connectivity index (χ4n) is 2.34. The van der Waals surface area contributed by atoms with Gasteiger partial charge in [0.15, 0.2) is 0 Å². The average Bonchev–Trinajstić information content (AvgIpc) is 2.60. The van der Waals surface area contributed by atoms with Gasteiger partial charge in [0.2, 0.25) is 11.8 Å². The number of fused-ring (bicyclic) bond motifs is 1. The van der Waals surface area contributed by atoms with Crippen LogP contribution in [0.25, 0.3) is 0 Å². The van der Waals surface area contributed by atoms with Crippen molar-refractivity contribution < 1.29 is 9.59 Å². The number of benzene rings is 2. The van der Waals surface area contributed by atoms with Crippen LogP contribution in [0.4, 0.5) is 11.4 Å². The molecule has 0 radical (unpaired) electrons. The average molecular weight is 393 g/mol. The molecule has 2 aromatic rings. The van der Waals surface area contributed by atoms with E-state index >= 15 is 0 Å². The van der Waals surface area contributed by atoms with Crippen molar-refractivity contribution in [1.82, 2.24) is 0 Å². The molecule has 0 fully saturated rings. The van der Waals surface area contributed by atoms with Crippen LogP contribution in [0.3, 0.4) is 0 Å². The number of hydrogen-bond acceptors (Lipinski definition) is 4. The molecule has 2 N–H and O–H groups in total. The topological polar surface area (TPSA) is 58.2 Å². The van der Waals surface area contributed by atoms with E-state index in [9.17, 15) is 9.59 Å². The zero-order valence-corrected chi connectivity index (χ0v) is 15.8. The fraction of sp³-hybridized carbons (Fsp3) is 0.222. The molecule has 0 aromatic heterocycles. The summed E-state index contributed by atoms with van der Waals surface area (Å²) in [5, 5.41) is 6.44. The Labute approximate surface area is 160 Å². The minimum absolute atomic E-state index is 0.0137. The van der Waals surface area contributed by atoms with E-state index in [0.717, 1.165) is 32.7 Å². The molecule has 0 bridgehead atoms. The highest BCUT2D eigenvalue weighted by Gasteiger charge is 2.15. The molecule has 0 saturated carbocycles. The van der Waals surface area contributed by atoms with Gasteiger partial charge < -0.3 is 10.6 Å². The molecule has 3 rings (SSSR count). The molecule has 2 aromatic carbocycles. The quantitative estimate of drug-likeness (QED) is 0.542. The van der Waals surface area contributed by atoms with Crippen molar-refractivity contribution in [2.45, 2.75) is 22.6 Å². The maximum atomic E-state index is 12.1. The zero-order chi connectivity index (χ0) is 17.6. The van der Waals surface area contributed by atoms with Gasteiger partial charge in [-0.1, -0.05) is 11.6 Å². The summed E-state index contributed by atoms with van der Waals surface area (Å²) in [5.41, 5.74) is 1.47. The van der Waals surface area contributed by atoms with Gasteiger partial charge in [0.1, 0.15) is 0 Å². The Balaban J connectivity index is 1.44. The summed E-state index contributed by atoms with van der Waals surface area (Å²) in [6.07, 6.45) is 1.25. The molecule has 4 nitrogen and oxygen atoms in total. The molecule has 0 atom stereocenters. The predicted octanol–water partition coefficient (Wildman–Crippen LogP) is 4.90. The number of halogens is 1. The summed E-state index contributed by atoms with van der Waals surface area (Å²) in [4.78, 5) is 25.7. The van der Waals surface area contributed by atoms with E-state index in [-0.39, 0.29) is 11.8 Å². The van der Waals surface area contributed by atoms with Gasteiger partial charge in [0, 0.05) is 26.9 Å². The lowest BCUT2D eigenvalue weighted by atomic mass is 10.2. The maximum absolute atomic E-state index is 12.1. The molecule has 0 aliphatic carbocycles. The summed E-state index contributed by atoms with van der Waals surface area (Å²) in [6.45, 7) is 0. The van der Waals surface area contributed by atoms with Crippen molar-refractivity contribution in [3.8, 4) is 0 Å². The highest BCUT2D eigenvalue weighted by atomic mass is 35.5. The molecule has 0 spiro atoms. The van der Waals surface area contributed by atoms with Crippen LogP contribution in [0.15, 0.2) is 52.3 Å². The minimum Gasteiger partial charge on any atom is -0.326 e. The first kappa shape index (κ1) is 18.2. The largest absolute Gasteiger partial charge is 0.326 e. The van der Waals surface area contributed by atoms with Crippen LogP contribution in [0, 0.1) is 0 Å². The molecule has 0 saturated heterocycles. The van der Waals surface area contributed by atoms with E-state index in [1.807, 2.05) is 36.4 Å². The first-order chi connectivity index (χ1) is 12.1. The summed E-state index contributed by atoms with van der Waals surface area (Å²) in [6, 6.07) is 13.3. The van der Waals surface area contributed by atoms with Crippen LogP contribution in [-0.4, -0.2) is 23.3 Å². The van der Waals surface area contributed by atoms with Crippen LogP contribution in [0.1, 0.15) is 12.8 Å². The lowest BCUT2D eigenvalue weighted by Gasteiger charge is -2.17. The third-order valence-corrected chi connectivity index (χ3v) is 5.95. The van der Waals surface area contributed by atoms with Crippen LogP contribution in [0.5, 0.6) is 0 Å². The SMILES string of the molecule is O=C(CCCSc1ccc(Cl)cc1)Nc1ccc2c(c1)NC(=O)CS2. The molecule has 7 heteroatoms. The molecule has 1 heterocycles. The van der Waals surface area contributed by atoms with Gasteiger partial charge in [-0.3, -0.25) is 9.59 Å².